The molecule has 2 aromatic carbocycles. The van der Waals surface area contributed by atoms with Crippen LogP contribution < -0.4 is 10.6 Å². The number of hydrogen-bond acceptors (Lipinski definition) is 5. The van der Waals surface area contributed by atoms with Crippen LogP contribution >= 0.6 is 0 Å². The van der Waals surface area contributed by atoms with Crippen molar-refractivity contribution in [2.45, 2.75) is 18.1 Å². The molecule has 3 aromatic rings. The maximum Gasteiger partial charge on any atom is 0.314 e. The molecule has 2 heterocycles. The van der Waals surface area contributed by atoms with E-state index in [4.69, 9.17) is 0 Å². The number of anilines is 1. The molecule has 9 heteroatoms. The van der Waals surface area contributed by atoms with Gasteiger partial charge >= 0.3 is 11.8 Å². The van der Waals surface area contributed by atoms with E-state index in [9.17, 15) is 18.0 Å². The van der Waals surface area contributed by atoms with Gasteiger partial charge in [-0.15, -0.1) is 0 Å². The van der Waals surface area contributed by atoms with Crippen molar-refractivity contribution in [3.05, 3.63) is 77.5 Å². The lowest BCUT2D eigenvalue weighted by atomic mass is 10.2. The Bertz CT molecular complexity index is 1170. The first kappa shape index (κ1) is 18.9. The maximum absolute atomic E-state index is 12.5. The van der Waals surface area contributed by atoms with Crippen LogP contribution in [0.1, 0.15) is 16.8 Å². The predicted molar refractivity (Wildman–Crippen MR) is 107 cm³/mol. The van der Waals surface area contributed by atoms with Gasteiger partial charge in [-0.05, 0) is 17.7 Å². The molecule has 0 unspecified atom stereocenters. The number of sulfone groups is 1. The average Bonchev–Trinajstić information content (AvgIpc) is 3.20. The second-order valence-electron chi connectivity index (χ2n) is 6.68. The molecule has 2 N–H and O–H groups in total. The van der Waals surface area contributed by atoms with Crippen LogP contribution in [0.2, 0.25) is 0 Å². The Kier molecular flexibility index (Phi) is 4.89. The molecule has 0 fully saturated rings. The Labute approximate surface area is 167 Å². The zero-order chi connectivity index (χ0) is 20.4. The molecule has 1 aliphatic rings. The van der Waals surface area contributed by atoms with E-state index in [1.807, 2.05) is 36.4 Å². The van der Waals surface area contributed by atoms with E-state index in [0.29, 0.717) is 16.9 Å². The molecule has 2 amide bonds. The van der Waals surface area contributed by atoms with Crippen molar-refractivity contribution in [3.63, 3.8) is 0 Å². The van der Waals surface area contributed by atoms with E-state index < -0.39 is 21.7 Å². The number of hydrogen-bond donors (Lipinski definition) is 2. The lowest BCUT2D eigenvalue weighted by Crippen LogP contribution is -2.35. The van der Waals surface area contributed by atoms with Crippen LogP contribution in [0.3, 0.4) is 0 Å². The Balaban J connectivity index is 1.57. The zero-order valence-electron chi connectivity index (χ0n) is 15.3. The van der Waals surface area contributed by atoms with Gasteiger partial charge in [-0.1, -0.05) is 48.5 Å². The van der Waals surface area contributed by atoms with Gasteiger partial charge in [0.2, 0.25) is 0 Å². The van der Waals surface area contributed by atoms with Gasteiger partial charge in [0.05, 0.1) is 22.9 Å². The number of fused-ring (bicyclic) bond motifs is 1. The lowest BCUT2D eigenvalue weighted by Gasteiger charge is -2.11. The fourth-order valence-corrected chi connectivity index (χ4v) is 4.64. The molecule has 1 aliphatic heterocycles. The number of carbonyl (C=O) groups is 2. The van der Waals surface area contributed by atoms with Crippen LogP contribution in [0.15, 0.2) is 60.7 Å². The van der Waals surface area contributed by atoms with Gasteiger partial charge in [-0.25, -0.2) is 13.1 Å². The first-order chi connectivity index (χ1) is 13.9. The molecular weight excluding hydrogens is 392 g/mol. The van der Waals surface area contributed by atoms with Crippen molar-refractivity contribution in [2.24, 2.45) is 0 Å². The predicted octanol–water partition coefficient (Wildman–Crippen LogP) is 1.56. The summed E-state index contributed by atoms with van der Waals surface area (Å²) in [6.45, 7) is 0.206. The third-order valence-electron chi connectivity index (χ3n) is 4.52. The van der Waals surface area contributed by atoms with Crippen LogP contribution in [0.4, 0.5) is 5.82 Å². The summed E-state index contributed by atoms with van der Waals surface area (Å²) in [6, 6.07) is 18.2. The molecule has 0 bridgehead atoms. The number of nitrogens with zero attached hydrogens (tertiary/aromatic N) is 2. The Morgan fingerprint density at radius 1 is 0.931 bits per heavy atom. The van der Waals surface area contributed by atoms with Crippen molar-refractivity contribution < 1.29 is 18.0 Å². The second-order valence-corrected chi connectivity index (χ2v) is 8.74. The molecule has 1 aromatic heterocycles. The van der Waals surface area contributed by atoms with Crippen LogP contribution in [0.25, 0.3) is 5.69 Å². The van der Waals surface area contributed by atoms with Gasteiger partial charge in [-0.3, -0.25) is 9.59 Å². The van der Waals surface area contributed by atoms with Crippen LogP contribution in [0.5, 0.6) is 0 Å². The van der Waals surface area contributed by atoms with Gasteiger partial charge in [0.15, 0.2) is 9.84 Å². The Morgan fingerprint density at radius 2 is 1.59 bits per heavy atom. The number of aromatic nitrogens is 2. The first-order valence-corrected chi connectivity index (χ1v) is 10.7. The minimum absolute atomic E-state index is 0.189. The Hall–Kier alpha value is -3.46. The zero-order valence-corrected chi connectivity index (χ0v) is 16.1. The van der Waals surface area contributed by atoms with Crippen molar-refractivity contribution >= 4 is 27.5 Å². The van der Waals surface area contributed by atoms with E-state index in [1.54, 1.807) is 24.3 Å². The summed E-state index contributed by atoms with van der Waals surface area (Å²) in [5, 5.41) is 9.46. The van der Waals surface area contributed by atoms with Crippen LogP contribution in [-0.2, 0) is 37.5 Å². The van der Waals surface area contributed by atoms with E-state index in [2.05, 4.69) is 15.7 Å². The molecule has 0 saturated carbocycles. The Morgan fingerprint density at radius 3 is 2.28 bits per heavy atom. The molecule has 0 spiro atoms. The average molecular weight is 410 g/mol. The summed E-state index contributed by atoms with van der Waals surface area (Å²) >= 11 is 0. The minimum Gasteiger partial charge on any atom is -0.344 e. The quantitative estimate of drug-likeness (QED) is 0.634. The number of rotatable bonds is 4. The topological polar surface area (TPSA) is 110 Å². The summed E-state index contributed by atoms with van der Waals surface area (Å²) < 4.78 is 25.4. The molecule has 8 nitrogen and oxygen atoms in total. The van der Waals surface area contributed by atoms with Crippen molar-refractivity contribution in [1.82, 2.24) is 15.1 Å². The smallest absolute Gasteiger partial charge is 0.314 e. The molecule has 0 saturated heterocycles. The number of nitrogens with one attached hydrogen (secondary N) is 2. The minimum atomic E-state index is -3.31. The lowest BCUT2D eigenvalue weighted by molar-refractivity contribution is -0.136. The second kappa shape index (κ2) is 7.51. The summed E-state index contributed by atoms with van der Waals surface area (Å²) in [5.74, 6) is -1.91. The van der Waals surface area contributed by atoms with E-state index in [0.717, 1.165) is 5.56 Å². The number of carbonyl (C=O) groups excluding carboxylic acids is 2. The molecule has 29 heavy (non-hydrogen) atoms. The fourth-order valence-electron chi connectivity index (χ4n) is 3.15. The first-order valence-electron chi connectivity index (χ1n) is 8.93. The van der Waals surface area contributed by atoms with Crippen LogP contribution in [0, 0.1) is 0 Å². The van der Waals surface area contributed by atoms with Gasteiger partial charge in [-0.2, -0.15) is 5.10 Å². The van der Waals surface area contributed by atoms with Gasteiger partial charge in [0, 0.05) is 12.1 Å². The van der Waals surface area contributed by atoms with Gasteiger partial charge in [0.1, 0.15) is 5.82 Å². The van der Waals surface area contributed by atoms with Gasteiger partial charge in [0.25, 0.3) is 0 Å². The van der Waals surface area contributed by atoms with E-state index in [-0.39, 0.29) is 23.9 Å². The highest BCUT2D eigenvalue weighted by molar-refractivity contribution is 7.90. The highest BCUT2D eigenvalue weighted by Crippen LogP contribution is 2.32. The summed E-state index contributed by atoms with van der Waals surface area (Å²) in [7, 11) is -3.31. The SMILES string of the molecule is O=C(NCc1ccccc1)C(=O)Nc1c2c(nn1-c1ccccc1)CS(=O)(=O)C2. The third-order valence-corrected chi connectivity index (χ3v) is 5.96. The standard InChI is InChI=1S/C20H18N4O4S/c25-19(21-11-14-7-3-1-4-8-14)20(26)22-18-16-12-29(27,28)13-17(16)23-24(18)15-9-5-2-6-10-15/h1-10H,11-13H2,(H,21,25)(H,22,26). The summed E-state index contributed by atoms with van der Waals surface area (Å²) in [5.41, 5.74) is 2.31. The number of benzene rings is 2. The molecular formula is C20H18N4O4S. The number of amides is 2. The molecule has 4 rings (SSSR count). The maximum atomic E-state index is 12.5. The van der Waals surface area contributed by atoms with Gasteiger partial charge < -0.3 is 10.6 Å². The van der Waals surface area contributed by atoms with Crippen molar-refractivity contribution in [2.75, 3.05) is 5.32 Å². The monoisotopic (exact) mass is 410 g/mol. The van der Waals surface area contributed by atoms with Crippen molar-refractivity contribution in [3.8, 4) is 5.69 Å². The van der Waals surface area contributed by atoms with Crippen LogP contribution in [-0.4, -0.2) is 30.0 Å². The largest absolute Gasteiger partial charge is 0.344 e. The summed E-state index contributed by atoms with van der Waals surface area (Å²) in [6.07, 6.45) is 0. The molecule has 0 aliphatic carbocycles. The normalized spacial score (nSPS) is 14.2. The third kappa shape index (κ3) is 4.04. The molecule has 148 valence electrons. The number of para-hydroxylation sites is 1. The highest BCUT2D eigenvalue weighted by atomic mass is 32.2. The fraction of sp³-hybridized carbons (Fsp3) is 0.150. The van der Waals surface area contributed by atoms with E-state index >= 15 is 0 Å². The van der Waals surface area contributed by atoms with Crippen molar-refractivity contribution in [1.29, 1.82) is 0 Å². The molecule has 0 radical (unpaired) electrons. The molecule has 0 atom stereocenters. The highest BCUT2D eigenvalue weighted by Gasteiger charge is 2.33. The summed E-state index contributed by atoms with van der Waals surface area (Å²) in [4.78, 5) is 24.7. The van der Waals surface area contributed by atoms with E-state index in [1.165, 1.54) is 4.68 Å².